The number of nitrogens with zero attached hydrogens (tertiary/aromatic N) is 7. The normalized spacial score (nSPS) is 18.2. The summed E-state index contributed by atoms with van der Waals surface area (Å²) in [5.41, 5.74) is 0.474. The van der Waals surface area contributed by atoms with Crippen molar-refractivity contribution in [2.45, 2.75) is 19.8 Å². The molecule has 2 aromatic rings. The van der Waals surface area contributed by atoms with Crippen molar-refractivity contribution in [3.8, 4) is 5.82 Å². The van der Waals surface area contributed by atoms with Gasteiger partial charge in [-0.2, -0.15) is 11.8 Å². The summed E-state index contributed by atoms with van der Waals surface area (Å²) in [6, 6.07) is 1.97. The first-order valence-corrected chi connectivity index (χ1v) is 11.6. The van der Waals surface area contributed by atoms with E-state index in [-0.39, 0.29) is 5.91 Å². The molecule has 4 rings (SSSR count). The molecule has 8 nitrogen and oxygen atoms in total. The third-order valence-corrected chi connectivity index (χ3v) is 6.47. The average molecular weight is 416 g/mol. The van der Waals surface area contributed by atoms with E-state index in [9.17, 15) is 4.79 Å². The summed E-state index contributed by atoms with van der Waals surface area (Å²) in [5.74, 6) is 3.91. The van der Waals surface area contributed by atoms with Gasteiger partial charge >= 0.3 is 0 Å². The Labute approximate surface area is 176 Å². The number of thioether (sulfide) groups is 1. The number of imidazole rings is 1. The number of aromatic nitrogens is 4. The number of rotatable bonds is 6. The number of hydrogen-bond donors (Lipinski definition) is 0. The van der Waals surface area contributed by atoms with Gasteiger partial charge in [0.1, 0.15) is 30.0 Å². The summed E-state index contributed by atoms with van der Waals surface area (Å²) < 4.78 is 1.81. The standard InChI is InChI=1S/C20H29N7OS/c1-2-3-4-24-5-7-26(8-6-24)20(28)17-14-27(16-23-17)19-13-18(21-15-22-19)25-9-11-29-12-10-25/h13-16H,2-12H2,1H3. The molecule has 0 aliphatic carbocycles. The fourth-order valence-electron chi connectivity index (χ4n) is 3.72. The number of carbonyl (C=O) groups is 1. The highest BCUT2D eigenvalue weighted by molar-refractivity contribution is 7.99. The Morgan fingerprint density at radius 3 is 2.55 bits per heavy atom. The van der Waals surface area contributed by atoms with Crippen LogP contribution in [0.5, 0.6) is 0 Å². The molecule has 0 bridgehead atoms. The molecule has 29 heavy (non-hydrogen) atoms. The Balaban J connectivity index is 1.40. The fraction of sp³-hybridized carbons (Fsp3) is 0.600. The summed E-state index contributed by atoms with van der Waals surface area (Å²) in [5, 5.41) is 0. The molecule has 2 aliphatic rings. The third-order valence-electron chi connectivity index (χ3n) is 5.53. The Hall–Kier alpha value is -2.13. The highest BCUT2D eigenvalue weighted by Gasteiger charge is 2.23. The van der Waals surface area contributed by atoms with Crippen molar-refractivity contribution in [1.82, 2.24) is 29.3 Å². The Morgan fingerprint density at radius 1 is 1.03 bits per heavy atom. The van der Waals surface area contributed by atoms with E-state index in [1.54, 1.807) is 18.9 Å². The van der Waals surface area contributed by atoms with Gasteiger partial charge < -0.3 is 9.80 Å². The van der Waals surface area contributed by atoms with Crippen molar-refractivity contribution < 1.29 is 4.79 Å². The van der Waals surface area contributed by atoms with Gasteiger partial charge in [0.05, 0.1) is 0 Å². The molecule has 0 saturated carbocycles. The minimum absolute atomic E-state index is 0.00114. The van der Waals surface area contributed by atoms with Gasteiger partial charge in [0, 0.05) is 63.0 Å². The molecule has 2 aromatic heterocycles. The van der Waals surface area contributed by atoms with E-state index in [0.29, 0.717) is 5.69 Å². The van der Waals surface area contributed by atoms with Gasteiger partial charge in [0.2, 0.25) is 0 Å². The number of anilines is 1. The molecule has 0 unspecified atom stereocenters. The molecule has 2 saturated heterocycles. The lowest BCUT2D eigenvalue weighted by Crippen LogP contribution is -2.48. The van der Waals surface area contributed by atoms with Gasteiger partial charge in [-0.1, -0.05) is 13.3 Å². The molecule has 4 heterocycles. The zero-order valence-corrected chi connectivity index (χ0v) is 17.9. The van der Waals surface area contributed by atoms with Crippen molar-refractivity contribution in [1.29, 1.82) is 0 Å². The smallest absolute Gasteiger partial charge is 0.274 e. The van der Waals surface area contributed by atoms with Crippen molar-refractivity contribution in [3.05, 3.63) is 30.6 Å². The van der Waals surface area contributed by atoms with Gasteiger partial charge in [-0.3, -0.25) is 14.3 Å². The predicted molar refractivity (Wildman–Crippen MR) is 116 cm³/mol. The maximum atomic E-state index is 12.9. The van der Waals surface area contributed by atoms with Crippen LogP contribution in [0, 0.1) is 0 Å². The SMILES string of the molecule is CCCCN1CCN(C(=O)c2cn(-c3cc(N4CCSCC4)ncn3)cn2)CC1. The molecule has 0 N–H and O–H groups in total. The molecule has 0 radical (unpaired) electrons. The maximum Gasteiger partial charge on any atom is 0.274 e. The van der Waals surface area contributed by atoms with Gasteiger partial charge in [0.25, 0.3) is 5.91 Å². The van der Waals surface area contributed by atoms with Crippen LogP contribution in [-0.2, 0) is 0 Å². The first kappa shape index (κ1) is 20.2. The zero-order chi connectivity index (χ0) is 20.1. The number of hydrogen-bond acceptors (Lipinski definition) is 7. The molecule has 0 atom stereocenters. The van der Waals surface area contributed by atoms with Crippen LogP contribution in [0.3, 0.4) is 0 Å². The van der Waals surface area contributed by atoms with Gasteiger partial charge in [-0.25, -0.2) is 15.0 Å². The second-order valence-electron chi connectivity index (χ2n) is 7.49. The van der Waals surface area contributed by atoms with Gasteiger partial charge in [0.15, 0.2) is 0 Å². The minimum Gasteiger partial charge on any atom is -0.355 e. The highest BCUT2D eigenvalue weighted by atomic mass is 32.2. The lowest BCUT2D eigenvalue weighted by atomic mass is 10.2. The molecule has 156 valence electrons. The van der Waals surface area contributed by atoms with Crippen LogP contribution >= 0.6 is 11.8 Å². The molecule has 1 amide bonds. The molecule has 0 spiro atoms. The van der Waals surface area contributed by atoms with Crippen molar-refractivity contribution in [2.75, 3.05) is 62.2 Å². The van der Waals surface area contributed by atoms with E-state index in [2.05, 4.69) is 31.7 Å². The largest absolute Gasteiger partial charge is 0.355 e. The lowest BCUT2D eigenvalue weighted by Gasteiger charge is -2.34. The van der Waals surface area contributed by atoms with Crippen molar-refractivity contribution in [2.24, 2.45) is 0 Å². The number of amides is 1. The topological polar surface area (TPSA) is 70.4 Å². The zero-order valence-electron chi connectivity index (χ0n) is 17.0. The summed E-state index contributed by atoms with van der Waals surface area (Å²) in [4.78, 5) is 32.7. The van der Waals surface area contributed by atoms with E-state index in [0.717, 1.165) is 69.0 Å². The number of carbonyl (C=O) groups excluding carboxylic acids is 1. The summed E-state index contributed by atoms with van der Waals surface area (Å²) in [6.45, 7) is 8.74. The van der Waals surface area contributed by atoms with E-state index in [4.69, 9.17) is 0 Å². The second kappa shape index (κ2) is 9.58. The number of unbranched alkanes of at least 4 members (excludes halogenated alkanes) is 1. The van der Waals surface area contributed by atoms with E-state index in [1.807, 2.05) is 27.3 Å². The monoisotopic (exact) mass is 415 g/mol. The quantitative estimate of drug-likeness (QED) is 0.712. The lowest BCUT2D eigenvalue weighted by molar-refractivity contribution is 0.0630. The summed E-state index contributed by atoms with van der Waals surface area (Å²) >= 11 is 1.97. The van der Waals surface area contributed by atoms with Gasteiger partial charge in [-0.15, -0.1) is 0 Å². The molecular weight excluding hydrogens is 386 g/mol. The minimum atomic E-state index is 0.00114. The van der Waals surface area contributed by atoms with Crippen LogP contribution in [0.25, 0.3) is 5.82 Å². The summed E-state index contributed by atoms with van der Waals surface area (Å²) in [6.07, 6.45) is 7.46. The Morgan fingerprint density at radius 2 is 1.79 bits per heavy atom. The molecular formula is C20H29N7OS. The molecule has 9 heteroatoms. The maximum absolute atomic E-state index is 12.9. The third kappa shape index (κ3) is 4.90. The van der Waals surface area contributed by atoms with Crippen molar-refractivity contribution in [3.63, 3.8) is 0 Å². The van der Waals surface area contributed by atoms with Crippen LogP contribution < -0.4 is 4.90 Å². The second-order valence-corrected chi connectivity index (χ2v) is 8.71. The fourth-order valence-corrected chi connectivity index (χ4v) is 4.62. The summed E-state index contributed by atoms with van der Waals surface area (Å²) in [7, 11) is 0. The van der Waals surface area contributed by atoms with Crippen molar-refractivity contribution >= 4 is 23.5 Å². The number of piperazine rings is 1. The van der Waals surface area contributed by atoms with Crippen LogP contribution in [0.2, 0.25) is 0 Å². The first-order chi connectivity index (χ1) is 14.2. The van der Waals surface area contributed by atoms with Gasteiger partial charge in [-0.05, 0) is 13.0 Å². The molecule has 0 aromatic carbocycles. The molecule has 2 fully saturated rings. The Bertz CT molecular complexity index is 813. The van der Waals surface area contributed by atoms with E-state index < -0.39 is 0 Å². The van der Waals surface area contributed by atoms with Crippen LogP contribution in [0.15, 0.2) is 24.9 Å². The predicted octanol–water partition coefficient (Wildman–Crippen LogP) is 1.77. The highest BCUT2D eigenvalue weighted by Crippen LogP contribution is 2.19. The van der Waals surface area contributed by atoms with Crippen LogP contribution in [0.1, 0.15) is 30.3 Å². The average Bonchev–Trinajstić information content (AvgIpc) is 3.29. The Kier molecular flexibility index (Phi) is 6.66. The van der Waals surface area contributed by atoms with E-state index >= 15 is 0 Å². The first-order valence-electron chi connectivity index (χ1n) is 10.5. The van der Waals surface area contributed by atoms with Crippen LogP contribution in [-0.4, -0.2) is 92.5 Å². The van der Waals surface area contributed by atoms with E-state index in [1.165, 1.54) is 12.8 Å². The molecule has 2 aliphatic heterocycles. The van der Waals surface area contributed by atoms with Crippen LogP contribution in [0.4, 0.5) is 5.82 Å².